The highest BCUT2D eigenvalue weighted by Gasteiger charge is 2.19. The number of amides is 2. The number of nitrogens with zero attached hydrogens (tertiary/aromatic N) is 2. The number of benzene rings is 1. The van der Waals surface area contributed by atoms with E-state index in [1.807, 2.05) is 17.0 Å². The van der Waals surface area contributed by atoms with Crippen molar-refractivity contribution in [2.24, 2.45) is 0 Å². The third kappa shape index (κ3) is 4.81. The molecule has 22 heavy (non-hydrogen) atoms. The van der Waals surface area contributed by atoms with E-state index in [0.717, 1.165) is 37.2 Å². The quantitative estimate of drug-likeness (QED) is 0.862. The molecule has 1 N–H and O–H groups in total. The fourth-order valence-corrected chi connectivity index (χ4v) is 2.72. The highest BCUT2D eigenvalue weighted by molar-refractivity contribution is 9.10. The van der Waals surface area contributed by atoms with Gasteiger partial charge in [0.05, 0.1) is 0 Å². The molecule has 0 saturated carbocycles. The average Bonchev–Trinajstić information content (AvgIpc) is 2.55. The molecule has 1 aliphatic heterocycles. The summed E-state index contributed by atoms with van der Waals surface area (Å²) in [5.41, 5.74) is 0.604. The zero-order valence-corrected chi connectivity index (χ0v) is 14.4. The molecule has 0 aromatic heterocycles. The van der Waals surface area contributed by atoms with Gasteiger partial charge < -0.3 is 15.1 Å². The Labute approximate surface area is 139 Å². The summed E-state index contributed by atoms with van der Waals surface area (Å²) in [6.45, 7) is 6.99. The van der Waals surface area contributed by atoms with Crippen molar-refractivity contribution < 1.29 is 9.59 Å². The molecule has 0 spiro atoms. The molecule has 5 nitrogen and oxygen atoms in total. The first kappa shape index (κ1) is 17.0. The molecule has 1 aromatic carbocycles. The maximum absolute atomic E-state index is 12.1. The van der Waals surface area contributed by atoms with Crippen LogP contribution in [0.2, 0.25) is 0 Å². The lowest BCUT2D eigenvalue weighted by molar-refractivity contribution is -0.132. The van der Waals surface area contributed by atoms with Crippen LogP contribution in [0.4, 0.5) is 0 Å². The highest BCUT2D eigenvalue weighted by atomic mass is 79.9. The van der Waals surface area contributed by atoms with Gasteiger partial charge in [0.2, 0.25) is 5.91 Å². The predicted molar refractivity (Wildman–Crippen MR) is 89.8 cm³/mol. The van der Waals surface area contributed by atoms with Gasteiger partial charge in [0.15, 0.2) is 0 Å². The van der Waals surface area contributed by atoms with E-state index in [2.05, 4.69) is 33.1 Å². The second-order valence-electron chi connectivity index (χ2n) is 5.33. The van der Waals surface area contributed by atoms with Gasteiger partial charge in [-0.1, -0.05) is 22.9 Å². The van der Waals surface area contributed by atoms with E-state index in [0.29, 0.717) is 18.5 Å². The lowest BCUT2D eigenvalue weighted by Gasteiger charge is -2.34. The molecule has 2 rings (SSSR count). The summed E-state index contributed by atoms with van der Waals surface area (Å²) in [4.78, 5) is 28.3. The molecular formula is C16H22BrN3O2. The van der Waals surface area contributed by atoms with Gasteiger partial charge in [-0.3, -0.25) is 9.59 Å². The SMILES string of the molecule is CCN1CCN(C(=O)CCNC(=O)c2ccc(Br)cc2)CC1. The van der Waals surface area contributed by atoms with Crippen molar-refractivity contribution in [2.75, 3.05) is 39.3 Å². The second kappa shape index (κ2) is 8.29. The summed E-state index contributed by atoms with van der Waals surface area (Å²) in [7, 11) is 0. The number of likely N-dealkylation sites (N-methyl/N-ethyl adjacent to an activating group) is 1. The monoisotopic (exact) mass is 367 g/mol. The normalized spacial score (nSPS) is 15.6. The van der Waals surface area contributed by atoms with Crippen molar-refractivity contribution in [3.05, 3.63) is 34.3 Å². The first-order valence-corrected chi connectivity index (χ1v) is 8.43. The Kier molecular flexibility index (Phi) is 6.39. The van der Waals surface area contributed by atoms with Crippen LogP contribution in [0.25, 0.3) is 0 Å². The standard InChI is InChI=1S/C16H22BrN3O2/c1-2-19-9-11-20(12-10-19)15(21)7-8-18-16(22)13-3-5-14(17)6-4-13/h3-6H,2,7-12H2,1H3,(H,18,22). The van der Waals surface area contributed by atoms with Crippen molar-refractivity contribution >= 4 is 27.7 Å². The Morgan fingerprint density at radius 2 is 1.77 bits per heavy atom. The van der Waals surface area contributed by atoms with E-state index in [4.69, 9.17) is 0 Å². The molecule has 6 heteroatoms. The molecule has 1 saturated heterocycles. The zero-order chi connectivity index (χ0) is 15.9. The van der Waals surface area contributed by atoms with E-state index in [-0.39, 0.29) is 11.8 Å². The van der Waals surface area contributed by atoms with E-state index in [1.54, 1.807) is 12.1 Å². The first-order valence-electron chi connectivity index (χ1n) is 7.64. The van der Waals surface area contributed by atoms with Gasteiger partial charge in [-0.2, -0.15) is 0 Å². The highest BCUT2D eigenvalue weighted by Crippen LogP contribution is 2.10. The summed E-state index contributed by atoms with van der Waals surface area (Å²) in [5.74, 6) is -0.0250. The minimum absolute atomic E-state index is 0.117. The molecule has 0 atom stereocenters. The molecule has 1 aliphatic rings. The second-order valence-corrected chi connectivity index (χ2v) is 6.24. The Bertz CT molecular complexity index is 511. The molecule has 0 bridgehead atoms. The van der Waals surface area contributed by atoms with E-state index >= 15 is 0 Å². The summed E-state index contributed by atoms with van der Waals surface area (Å²) in [6.07, 6.45) is 0.356. The number of hydrogen-bond donors (Lipinski definition) is 1. The van der Waals surface area contributed by atoms with Crippen LogP contribution in [0, 0.1) is 0 Å². The van der Waals surface area contributed by atoms with Gasteiger partial charge in [0.1, 0.15) is 0 Å². The molecule has 1 aromatic rings. The number of halogens is 1. The summed E-state index contributed by atoms with van der Waals surface area (Å²) < 4.78 is 0.936. The first-order chi connectivity index (χ1) is 10.6. The number of nitrogens with one attached hydrogen (secondary N) is 1. The van der Waals surface area contributed by atoms with Gasteiger partial charge in [-0.15, -0.1) is 0 Å². The Morgan fingerprint density at radius 3 is 2.36 bits per heavy atom. The number of carbonyl (C=O) groups excluding carboxylic acids is 2. The van der Waals surface area contributed by atoms with Crippen LogP contribution < -0.4 is 5.32 Å². The van der Waals surface area contributed by atoms with Crippen LogP contribution in [0.3, 0.4) is 0 Å². The predicted octanol–water partition coefficient (Wildman–Crippen LogP) is 1.73. The number of carbonyl (C=O) groups is 2. The number of hydrogen-bond acceptors (Lipinski definition) is 3. The van der Waals surface area contributed by atoms with Crippen LogP contribution in [-0.2, 0) is 4.79 Å². The Balaban J connectivity index is 1.71. The van der Waals surface area contributed by atoms with Gasteiger partial charge in [-0.25, -0.2) is 0 Å². The smallest absolute Gasteiger partial charge is 0.251 e. The van der Waals surface area contributed by atoms with E-state index in [1.165, 1.54) is 0 Å². The molecule has 0 aliphatic carbocycles. The van der Waals surface area contributed by atoms with Crippen molar-refractivity contribution in [3.8, 4) is 0 Å². The molecule has 2 amide bonds. The molecule has 120 valence electrons. The fraction of sp³-hybridized carbons (Fsp3) is 0.500. The molecule has 1 fully saturated rings. The Hall–Kier alpha value is -1.40. The minimum atomic E-state index is -0.142. The van der Waals surface area contributed by atoms with Crippen molar-refractivity contribution in [1.29, 1.82) is 0 Å². The maximum Gasteiger partial charge on any atom is 0.251 e. The number of piperazine rings is 1. The zero-order valence-electron chi connectivity index (χ0n) is 12.8. The topological polar surface area (TPSA) is 52.6 Å². The van der Waals surface area contributed by atoms with Gasteiger partial charge in [-0.05, 0) is 30.8 Å². The van der Waals surface area contributed by atoms with Crippen molar-refractivity contribution in [2.45, 2.75) is 13.3 Å². The van der Waals surface area contributed by atoms with Gasteiger partial charge >= 0.3 is 0 Å². The Morgan fingerprint density at radius 1 is 1.14 bits per heavy atom. The fourth-order valence-electron chi connectivity index (χ4n) is 2.46. The molecular weight excluding hydrogens is 346 g/mol. The molecule has 1 heterocycles. The third-order valence-electron chi connectivity index (χ3n) is 3.90. The van der Waals surface area contributed by atoms with Crippen LogP contribution in [0.15, 0.2) is 28.7 Å². The van der Waals surface area contributed by atoms with Crippen LogP contribution in [0.1, 0.15) is 23.7 Å². The van der Waals surface area contributed by atoms with Crippen LogP contribution in [0.5, 0.6) is 0 Å². The molecule has 0 unspecified atom stereocenters. The van der Waals surface area contributed by atoms with Crippen molar-refractivity contribution in [3.63, 3.8) is 0 Å². The van der Waals surface area contributed by atoms with Gasteiger partial charge in [0, 0.05) is 49.2 Å². The maximum atomic E-state index is 12.1. The van der Waals surface area contributed by atoms with E-state index in [9.17, 15) is 9.59 Å². The summed E-state index contributed by atoms with van der Waals surface area (Å²) in [5, 5.41) is 2.80. The lowest BCUT2D eigenvalue weighted by Crippen LogP contribution is -2.49. The third-order valence-corrected chi connectivity index (χ3v) is 4.43. The lowest BCUT2D eigenvalue weighted by atomic mass is 10.2. The number of rotatable bonds is 5. The van der Waals surface area contributed by atoms with Crippen LogP contribution >= 0.6 is 15.9 Å². The summed E-state index contributed by atoms with van der Waals surface area (Å²) in [6, 6.07) is 7.16. The van der Waals surface area contributed by atoms with Gasteiger partial charge in [0.25, 0.3) is 5.91 Å². The van der Waals surface area contributed by atoms with Crippen molar-refractivity contribution in [1.82, 2.24) is 15.1 Å². The summed E-state index contributed by atoms with van der Waals surface area (Å²) >= 11 is 3.33. The van der Waals surface area contributed by atoms with Crippen LogP contribution in [-0.4, -0.2) is 60.9 Å². The largest absolute Gasteiger partial charge is 0.352 e. The minimum Gasteiger partial charge on any atom is -0.352 e. The average molecular weight is 368 g/mol. The molecule has 0 radical (unpaired) electrons. The van der Waals surface area contributed by atoms with E-state index < -0.39 is 0 Å².